The highest BCUT2D eigenvalue weighted by Crippen LogP contribution is 2.28. The summed E-state index contributed by atoms with van der Waals surface area (Å²) >= 11 is 12.4. The lowest BCUT2D eigenvalue weighted by Gasteiger charge is -2.31. The smallest absolute Gasteiger partial charge is 0.242 e. The van der Waals surface area contributed by atoms with Gasteiger partial charge >= 0.3 is 0 Å². The minimum absolute atomic E-state index is 0.127. The highest BCUT2D eigenvalue weighted by atomic mass is 35.5. The predicted octanol–water partition coefficient (Wildman–Crippen LogP) is 5.67. The molecule has 0 aliphatic heterocycles. The number of carbonyl (C=O) groups excluding carboxylic acids is 2. The summed E-state index contributed by atoms with van der Waals surface area (Å²) in [5, 5.41) is 3.95. The first-order valence-electron chi connectivity index (χ1n) is 11.6. The highest BCUT2D eigenvalue weighted by Gasteiger charge is 2.28. The predicted molar refractivity (Wildman–Crippen MR) is 137 cm³/mol. The zero-order valence-electron chi connectivity index (χ0n) is 20.3. The Morgan fingerprint density at radius 2 is 1.76 bits per heavy atom. The second kappa shape index (κ2) is 14.1. The number of rotatable bonds is 13. The summed E-state index contributed by atoms with van der Waals surface area (Å²) in [6, 6.07) is 10.2. The molecular weight excluding hydrogens is 475 g/mol. The van der Waals surface area contributed by atoms with Crippen molar-refractivity contribution in [2.75, 3.05) is 20.8 Å². The molecule has 186 valence electrons. The van der Waals surface area contributed by atoms with Crippen LogP contribution in [0.25, 0.3) is 0 Å². The summed E-state index contributed by atoms with van der Waals surface area (Å²) in [4.78, 5) is 28.0. The van der Waals surface area contributed by atoms with Gasteiger partial charge in [0.05, 0.1) is 14.2 Å². The third kappa shape index (κ3) is 7.81. The van der Waals surface area contributed by atoms with Gasteiger partial charge in [0.25, 0.3) is 0 Å². The molecule has 0 fully saturated rings. The summed E-state index contributed by atoms with van der Waals surface area (Å²) in [6.07, 6.45) is 3.09. The fourth-order valence-electron chi connectivity index (χ4n) is 3.69. The van der Waals surface area contributed by atoms with E-state index in [4.69, 9.17) is 32.7 Å². The van der Waals surface area contributed by atoms with E-state index in [-0.39, 0.29) is 24.8 Å². The van der Waals surface area contributed by atoms with Crippen LogP contribution in [-0.2, 0) is 22.6 Å². The number of nitrogens with one attached hydrogen (secondary N) is 1. The van der Waals surface area contributed by atoms with E-state index in [0.29, 0.717) is 40.9 Å². The number of unbranched alkanes of at least 4 members (excludes halogenated alkanes) is 1. The van der Waals surface area contributed by atoms with Crippen LogP contribution in [-0.4, -0.2) is 43.5 Å². The second-order valence-electron chi connectivity index (χ2n) is 8.02. The Labute approximate surface area is 212 Å². The van der Waals surface area contributed by atoms with E-state index in [2.05, 4.69) is 12.2 Å². The van der Waals surface area contributed by atoms with E-state index in [1.807, 2.05) is 25.1 Å². The zero-order valence-corrected chi connectivity index (χ0v) is 21.8. The van der Waals surface area contributed by atoms with Crippen LogP contribution in [0.2, 0.25) is 10.0 Å². The Hall–Kier alpha value is -2.44. The van der Waals surface area contributed by atoms with E-state index in [9.17, 15) is 9.59 Å². The van der Waals surface area contributed by atoms with Gasteiger partial charge < -0.3 is 19.7 Å². The molecule has 8 heteroatoms. The number of hydrogen-bond donors (Lipinski definition) is 1. The average Bonchev–Trinajstić information content (AvgIpc) is 2.83. The van der Waals surface area contributed by atoms with E-state index >= 15 is 0 Å². The average molecular weight is 509 g/mol. The van der Waals surface area contributed by atoms with Crippen LogP contribution in [0, 0.1) is 0 Å². The minimum atomic E-state index is -0.596. The van der Waals surface area contributed by atoms with E-state index in [1.165, 1.54) is 0 Å². The van der Waals surface area contributed by atoms with Crippen molar-refractivity contribution in [1.82, 2.24) is 10.2 Å². The molecule has 0 spiro atoms. The SMILES string of the molecule is CCCCNC(=O)[C@@H](CC)N(Cc1ccc(Cl)cc1Cl)C(=O)CCc1ccc(OC)c(OC)c1. The molecule has 2 aromatic carbocycles. The monoisotopic (exact) mass is 508 g/mol. The quantitative estimate of drug-likeness (QED) is 0.354. The van der Waals surface area contributed by atoms with Crippen molar-refractivity contribution >= 4 is 35.0 Å². The van der Waals surface area contributed by atoms with Gasteiger partial charge in [-0.3, -0.25) is 9.59 Å². The molecule has 0 aliphatic carbocycles. The lowest BCUT2D eigenvalue weighted by Crippen LogP contribution is -2.49. The van der Waals surface area contributed by atoms with Gasteiger partial charge in [-0.25, -0.2) is 0 Å². The Morgan fingerprint density at radius 3 is 2.38 bits per heavy atom. The Balaban J connectivity index is 2.24. The molecule has 0 saturated carbocycles. The molecule has 34 heavy (non-hydrogen) atoms. The lowest BCUT2D eigenvalue weighted by atomic mass is 10.1. The number of benzene rings is 2. The molecule has 2 amide bonds. The van der Waals surface area contributed by atoms with Crippen LogP contribution in [0.4, 0.5) is 0 Å². The maximum absolute atomic E-state index is 13.4. The maximum atomic E-state index is 13.4. The van der Waals surface area contributed by atoms with Gasteiger partial charge in [0.2, 0.25) is 11.8 Å². The van der Waals surface area contributed by atoms with Crippen molar-refractivity contribution in [2.24, 2.45) is 0 Å². The van der Waals surface area contributed by atoms with Gasteiger partial charge in [0.15, 0.2) is 11.5 Å². The minimum Gasteiger partial charge on any atom is -0.493 e. The van der Waals surface area contributed by atoms with Crippen molar-refractivity contribution in [2.45, 2.75) is 58.5 Å². The molecule has 0 unspecified atom stereocenters. The van der Waals surface area contributed by atoms with Gasteiger partial charge in [-0.1, -0.05) is 55.6 Å². The standard InChI is InChI=1S/C26H34Cl2N2O4/c1-5-7-14-29-26(32)22(6-2)30(17-19-10-11-20(27)16-21(19)28)25(31)13-9-18-8-12-23(33-3)24(15-18)34-4/h8,10-12,15-16,22H,5-7,9,13-14,17H2,1-4H3,(H,29,32)/t22-/m1/s1. The van der Waals surface area contributed by atoms with Gasteiger partial charge in [0.1, 0.15) is 6.04 Å². The topological polar surface area (TPSA) is 67.9 Å². The van der Waals surface area contributed by atoms with Crippen LogP contribution in [0.15, 0.2) is 36.4 Å². The molecule has 1 atom stereocenters. The van der Waals surface area contributed by atoms with Gasteiger partial charge in [0, 0.05) is 29.6 Å². The van der Waals surface area contributed by atoms with Crippen LogP contribution in [0.1, 0.15) is 50.7 Å². The number of amides is 2. The number of aryl methyl sites for hydroxylation is 1. The first-order valence-corrected chi connectivity index (χ1v) is 12.3. The summed E-state index contributed by atoms with van der Waals surface area (Å²) < 4.78 is 10.7. The summed E-state index contributed by atoms with van der Waals surface area (Å²) in [5.74, 6) is 0.962. The Bertz CT molecular complexity index is 968. The van der Waals surface area contributed by atoms with Gasteiger partial charge in [-0.15, -0.1) is 0 Å². The first-order chi connectivity index (χ1) is 16.3. The van der Waals surface area contributed by atoms with Gasteiger partial charge in [-0.05, 0) is 54.7 Å². The molecule has 0 bridgehead atoms. The van der Waals surface area contributed by atoms with Crippen molar-refractivity contribution in [3.8, 4) is 11.5 Å². The summed E-state index contributed by atoms with van der Waals surface area (Å²) in [7, 11) is 3.16. The van der Waals surface area contributed by atoms with Gasteiger partial charge in [-0.2, -0.15) is 0 Å². The molecule has 0 heterocycles. The van der Waals surface area contributed by atoms with Crippen molar-refractivity contribution < 1.29 is 19.1 Å². The molecule has 0 saturated heterocycles. The van der Waals surface area contributed by atoms with Crippen LogP contribution in [0.5, 0.6) is 11.5 Å². The number of ether oxygens (including phenoxy) is 2. The lowest BCUT2D eigenvalue weighted by molar-refractivity contribution is -0.141. The Morgan fingerprint density at radius 1 is 1.03 bits per heavy atom. The summed E-state index contributed by atoms with van der Waals surface area (Å²) in [5.41, 5.74) is 1.68. The second-order valence-corrected chi connectivity index (χ2v) is 8.86. The number of hydrogen-bond acceptors (Lipinski definition) is 4. The molecule has 0 radical (unpaired) electrons. The van der Waals surface area contributed by atoms with Crippen LogP contribution < -0.4 is 14.8 Å². The first kappa shape index (κ1) is 27.8. The fourth-order valence-corrected chi connectivity index (χ4v) is 4.16. The zero-order chi connectivity index (χ0) is 25.1. The van der Waals surface area contributed by atoms with Crippen LogP contribution >= 0.6 is 23.2 Å². The number of halogens is 2. The molecule has 1 N–H and O–H groups in total. The van der Waals surface area contributed by atoms with Crippen LogP contribution in [0.3, 0.4) is 0 Å². The van der Waals surface area contributed by atoms with E-state index in [0.717, 1.165) is 24.0 Å². The van der Waals surface area contributed by atoms with Crippen molar-refractivity contribution in [1.29, 1.82) is 0 Å². The molecule has 6 nitrogen and oxygen atoms in total. The molecule has 2 rings (SSSR count). The third-order valence-corrected chi connectivity index (χ3v) is 6.23. The van der Waals surface area contributed by atoms with E-state index < -0.39 is 6.04 Å². The summed E-state index contributed by atoms with van der Waals surface area (Å²) in [6.45, 7) is 4.78. The number of methoxy groups -OCH3 is 2. The van der Waals surface area contributed by atoms with E-state index in [1.54, 1.807) is 37.3 Å². The molecule has 0 aliphatic rings. The maximum Gasteiger partial charge on any atom is 0.242 e. The number of carbonyl (C=O) groups is 2. The molecule has 0 aromatic heterocycles. The third-order valence-electron chi connectivity index (χ3n) is 5.65. The molecule has 2 aromatic rings. The van der Waals surface area contributed by atoms with Crippen molar-refractivity contribution in [3.63, 3.8) is 0 Å². The largest absolute Gasteiger partial charge is 0.493 e. The molecular formula is C26H34Cl2N2O4. The normalized spacial score (nSPS) is 11.6. The Kier molecular flexibility index (Phi) is 11.5. The highest BCUT2D eigenvalue weighted by molar-refractivity contribution is 6.35. The fraction of sp³-hybridized carbons (Fsp3) is 0.462. The number of nitrogens with zero attached hydrogens (tertiary/aromatic N) is 1. The van der Waals surface area contributed by atoms with Crippen molar-refractivity contribution in [3.05, 3.63) is 57.6 Å².